The highest BCUT2D eigenvalue weighted by Crippen LogP contribution is 2.26. The SMILES string of the molecule is CCNc1cc(Sc2nncn2C)nc(SC)n1. The third-order valence-electron chi connectivity index (χ3n) is 2.09. The van der Waals surface area contributed by atoms with Gasteiger partial charge >= 0.3 is 0 Å². The molecule has 0 fully saturated rings. The molecule has 2 aromatic rings. The van der Waals surface area contributed by atoms with E-state index in [0.717, 1.165) is 27.7 Å². The van der Waals surface area contributed by atoms with E-state index in [-0.39, 0.29) is 0 Å². The van der Waals surface area contributed by atoms with Gasteiger partial charge in [0.05, 0.1) is 0 Å². The zero-order chi connectivity index (χ0) is 13.0. The second-order valence-electron chi connectivity index (χ2n) is 3.43. The number of nitrogens with one attached hydrogen (secondary N) is 1. The fourth-order valence-corrected chi connectivity index (χ4v) is 2.48. The molecule has 2 aromatic heterocycles. The zero-order valence-electron chi connectivity index (χ0n) is 10.4. The van der Waals surface area contributed by atoms with Crippen molar-refractivity contribution in [3.63, 3.8) is 0 Å². The first-order valence-corrected chi connectivity index (χ1v) is 7.46. The van der Waals surface area contributed by atoms with Gasteiger partial charge in [-0.15, -0.1) is 10.2 Å². The van der Waals surface area contributed by atoms with Crippen LogP contribution in [0.1, 0.15) is 6.92 Å². The molecular formula is C10H14N6S2. The molecule has 0 amide bonds. The molecule has 18 heavy (non-hydrogen) atoms. The Labute approximate surface area is 114 Å². The minimum atomic E-state index is 0.748. The average molecular weight is 282 g/mol. The molecule has 0 aliphatic heterocycles. The second kappa shape index (κ2) is 6.05. The minimum Gasteiger partial charge on any atom is -0.370 e. The summed E-state index contributed by atoms with van der Waals surface area (Å²) in [4.78, 5) is 8.82. The van der Waals surface area contributed by atoms with E-state index in [1.807, 2.05) is 30.9 Å². The fraction of sp³-hybridized carbons (Fsp3) is 0.400. The summed E-state index contributed by atoms with van der Waals surface area (Å²) >= 11 is 3.00. The lowest BCUT2D eigenvalue weighted by atomic mass is 10.5. The topological polar surface area (TPSA) is 68.5 Å². The van der Waals surface area contributed by atoms with Crippen LogP contribution in [-0.4, -0.2) is 37.5 Å². The van der Waals surface area contributed by atoms with Gasteiger partial charge in [-0.05, 0) is 24.9 Å². The van der Waals surface area contributed by atoms with Crippen LogP contribution in [0.25, 0.3) is 0 Å². The first-order valence-electron chi connectivity index (χ1n) is 5.41. The van der Waals surface area contributed by atoms with Gasteiger partial charge in [0, 0.05) is 19.7 Å². The Bertz CT molecular complexity index is 527. The summed E-state index contributed by atoms with van der Waals surface area (Å²) in [5, 5.41) is 13.5. The Balaban J connectivity index is 2.26. The zero-order valence-corrected chi connectivity index (χ0v) is 12.0. The maximum Gasteiger partial charge on any atom is 0.197 e. The molecule has 0 aliphatic carbocycles. The minimum absolute atomic E-state index is 0.748. The highest BCUT2D eigenvalue weighted by Gasteiger charge is 2.08. The molecule has 0 atom stereocenters. The molecule has 0 spiro atoms. The van der Waals surface area contributed by atoms with Crippen molar-refractivity contribution >= 4 is 29.3 Å². The molecule has 0 radical (unpaired) electrons. The second-order valence-corrected chi connectivity index (χ2v) is 5.20. The number of thioether (sulfide) groups is 1. The van der Waals surface area contributed by atoms with Gasteiger partial charge in [0.1, 0.15) is 17.2 Å². The van der Waals surface area contributed by atoms with Crippen LogP contribution in [0.4, 0.5) is 5.82 Å². The number of aromatic nitrogens is 5. The Morgan fingerprint density at radius 1 is 1.39 bits per heavy atom. The number of rotatable bonds is 5. The summed E-state index contributed by atoms with van der Waals surface area (Å²) in [5.41, 5.74) is 0. The molecule has 0 saturated heterocycles. The van der Waals surface area contributed by atoms with Gasteiger partial charge in [0.15, 0.2) is 10.3 Å². The predicted octanol–water partition coefficient (Wildman–Crippen LogP) is 1.91. The van der Waals surface area contributed by atoms with E-state index in [2.05, 4.69) is 25.5 Å². The number of hydrogen-bond donors (Lipinski definition) is 1. The van der Waals surface area contributed by atoms with Crippen molar-refractivity contribution in [1.82, 2.24) is 24.7 Å². The van der Waals surface area contributed by atoms with Gasteiger partial charge in [-0.2, -0.15) is 0 Å². The lowest BCUT2D eigenvalue weighted by molar-refractivity contribution is 0.784. The number of anilines is 1. The van der Waals surface area contributed by atoms with Gasteiger partial charge in [0.25, 0.3) is 0 Å². The van der Waals surface area contributed by atoms with Crippen molar-refractivity contribution < 1.29 is 0 Å². The molecule has 8 heteroatoms. The summed E-state index contributed by atoms with van der Waals surface area (Å²) in [6.45, 7) is 2.87. The standard InChI is InChI=1S/C10H14N6S2/c1-4-11-7-5-8(14-9(13-7)17-3)18-10-15-12-6-16(10)2/h5-6H,4H2,1-3H3,(H,11,13,14). The van der Waals surface area contributed by atoms with Crippen LogP contribution in [0, 0.1) is 0 Å². The molecule has 0 bridgehead atoms. The number of nitrogens with zero attached hydrogens (tertiary/aromatic N) is 5. The first kappa shape index (κ1) is 13.2. The van der Waals surface area contributed by atoms with Crippen molar-refractivity contribution in [3.05, 3.63) is 12.4 Å². The summed E-state index contributed by atoms with van der Waals surface area (Å²) in [5.74, 6) is 0.835. The van der Waals surface area contributed by atoms with Crippen molar-refractivity contribution in [2.75, 3.05) is 18.1 Å². The summed E-state index contributed by atoms with van der Waals surface area (Å²) in [6, 6.07) is 1.92. The maximum atomic E-state index is 4.44. The third kappa shape index (κ3) is 3.14. The van der Waals surface area contributed by atoms with E-state index >= 15 is 0 Å². The van der Waals surface area contributed by atoms with Crippen LogP contribution in [0.15, 0.2) is 27.7 Å². The van der Waals surface area contributed by atoms with Crippen LogP contribution < -0.4 is 5.32 Å². The van der Waals surface area contributed by atoms with E-state index in [1.54, 1.807) is 6.33 Å². The van der Waals surface area contributed by atoms with Gasteiger partial charge in [-0.25, -0.2) is 9.97 Å². The fourth-order valence-electron chi connectivity index (χ4n) is 1.28. The normalized spacial score (nSPS) is 10.6. The van der Waals surface area contributed by atoms with Crippen molar-refractivity contribution in [1.29, 1.82) is 0 Å². The monoisotopic (exact) mass is 282 g/mol. The van der Waals surface area contributed by atoms with Crippen molar-refractivity contribution in [2.45, 2.75) is 22.3 Å². The molecule has 0 aromatic carbocycles. The molecule has 0 unspecified atom stereocenters. The molecule has 0 aliphatic rings. The molecule has 96 valence electrons. The lowest BCUT2D eigenvalue weighted by Gasteiger charge is -2.06. The summed E-state index contributed by atoms with van der Waals surface area (Å²) < 4.78 is 1.86. The van der Waals surface area contributed by atoms with Gasteiger partial charge in [-0.1, -0.05) is 11.8 Å². The maximum absolute atomic E-state index is 4.44. The van der Waals surface area contributed by atoms with E-state index in [9.17, 15) is 0 Å². The first-order chi connectivity index (χ1) is 8.72. The van der Waals surface area contributed by atoms with Crippen LogP contribution >= 0.6 is 23.5 Å². The third-order valence-corrected chi connectivity index (χ3v) is 3.61. The van der Waals surface area contributed by atoms with Gasteiger partial charge in [0.2, 0.25) is 0 Å². The van der Waals surface area contributed by atoms with Crippen molar-refractivity contribution in [2.24, 2.45) is 7.05 Å². The van der Waals surface area contributed by atoms with E-state index in [4.69, 9.17) is 0 Å². The molecule has 6 nitrogen and oxygen atoms in total. The van der Waals surface area contributed by atoms with Gasteiger partial charge < -0.3 is 9.88 Å². The predicted molar refractivity (Wildman–Crippen MR) is 73.1 cm³/mol. The smallest absolute Gasteiger partial charge is 0.197 e. The Morgan fingerprint density at radius 2 is 2.22 bits per heavy atom. The lowest BCUT2D eigenvalue weighted by Crippen LogP contribution is -2.02. The van der Waals surface area contributed by atoms with E-state index in [0.29, 0.717) is 0 Å². The van der Waals surface area contributed by atoms with Crippen LogP contribution in [0.3, 0.4) is 0 Å². The van der Waals surface area contributed by atoms with Crippen LogP contribution in [0.2, 0.25) is 0 Å². The Morgan fingerprint density at radius 3 is 2.83 bits per heavy atom. The van der Waals surface area contributed by atoms with Crippen LogP contribution in [-0.2, 0) is 7.05 Å². The largest absolute Gasteiger partial charge is 0.370 e. The van der Waals surface area contributed by atoms with E-state index < -0.39 is 0 Å². The molecule has 1 N–H and O–H groups in total. The van der Waals surface area contributed by atoms with Crippen molar-refractivity contribution in [3.8, 4) is 0 Å². The number of hydrogen-bond acceptors (Lipinski definition) is 7. The quantitative estimate of drug-likeness (QED) is 0.510. The van der Waals surface area contributed by atoms with E-state index in [1.165, 1.54) is 23.5 Å². The Hall–Kier alpha value is -1.28. The number of aryl methyl sites for hydroxylation is 1. The highest BCUT2D eigenvalue weighted by molar-refractivity contribution is 7.99. The summed E-state index contributed by atoms with van der Waals surface area (Å²) in [7, 11) is 1.91. The Kier molecular flexibility index (Phi) is 4.43. The van der Waals surface area contributed by atoms with Crippen LogP contribution in [0.5, 0.6) is 0 Å². The molecule has 2 rings (SSSR count). The average Bonchev–Trinajstić information content (AvgIpc) is 2.75. The molecule has 2 heterocycles. The highest BCUT2D eigenvalue weighted by atomic mass is 32.2. The molecule has 0 saturated carbocycles. The van der Waals surface area contributed by atoms with Gasteiger partial charge in [-0.3, -0.25) is 0 Å². The molecular weight excluding hydrogens is 268 g/mol. The summed E-state index contributed by atoms with van der Waals surface area (Å²) in [6.07, 6.45) is 3.63.